The molecule has 1 aromatic heterocycles. The number of benzene rings is 2. The summed E-state index contributed by atoms with van der Waals surface area (Å²) in [5.74, 6) is 1.40. The number of ether oxygens (including phenoxy) is 1. The van der Waals surface area contributed by atoms with Crippen molar-refractivity contribution in [1.82, 2.24) is 4.98 Å². The number of nitrogens with zero attached hydrogens (tertiary/aromatic N) is 2. The van der Waals surface area contributed by atoms with Gasteiger partial charge < -0.3 is 4.74 Å². The number of thiazole rings is 1. The molecule has 1 heterocycles. The fourth-order valence-electron chi connectivity index (χ4n) is 2.14. The first kappa shape index (κ1) is 17.2. The minimum Gasteiger partial charge on any atom is -0.493 e. The van der Waals surface area contributed by atoms with Gasteiger partial charge in [-0.05, 0) is 35.7 Å². The zero-order valence-electron chi connectivity index (χ0n) is 14.3. The molecule has 0 atom stereocenters. The number of rotatable bonds is 7. The van der Waals surface area contributed by atoms with Crippen molar-refractivity contribution in [3.63, 3.8) is 0 Å². The van der Waals surface area contributed by atoms with Crippen LogP contribution in [0.4, 0.5) is 5.13 Å². The lowest BCUT2D eigenvalue weighted by Crippen LogP contribution is -2.04. The van der Waals surface area contributed by atoms with Gasteiger partial charge in [-0.1, -0.05) is 44.2 Å². The lowest BCUT2D eigenvalue weighted by Gasteiger charge is -2.08. The predicted molar refractivity (Wildman–Crippen MR) is 106 cm³/mol. The van der Waals surface area contributed by atoms with E-state index in [4.69, 9.17) is 4.74 Å². The van der Waals surface area contributed by atoms with Crippen molar-refractivity contribution in [2.75, 3.05) is 12.0 Å². The van der Waals surface area contributed by atoms with E-state index in [1.807, 2.05) is 60.0 Å². The minimum atomic E-state index is 0.518. The van der Waals surface area contributed by atoms with Crippen LogP contribution in [0.5, 0.6) is 5.75 Å². The molecule has 0 bridgehead atoms. The Morgan fingerprint density at radius 2 is 1.88 bits per heavy atom. The minimum absolute atomic E-state index is 0.518. The molecule has 0 aliphatic rings. The summed E-state index contributed by atoms with van der Waals surface area (Å²) in [5, 5.41) is 7.05. The van der Waals surface area contributed by atoms with Gasteiger partial charge in [-0.2, -0.15) is 5.10 Å². The Morgan fingerprint density at radius 3 is 2.60 bits per heavy atom. The maximum Gasteiger partial charge on any atom is 0.203 e. The van der Waals surface area contributed by atoms with Crippen molar-refractivity contribution < 1.29 is 4.74 Å². The highest BCUT2D eigenvalue weighted by Crippen LogP contribution is 2.24. The van der Waals surface area contributed by atoms with E-state index in [1.54, 1.807) is 6.21 Å². The molecule has 0 saturated heterocycles. The number of hydrogen-bond donors (Lipinski definition) is 1. The summed E-state index contributed by atoms with van der Waals surface area (Å²) < 4.78 is 5.67. The Kier molecular flexibility index (Phi) is 5.80. The van der Waals surface area contributed by atoms with Crippen LogP contribution in [0.3, 0.4) is 0 Å². The molecule has 3 rings (SSSR count). The fourth-order valence-corrected chi connectivity index (χ4v) is 2.81. The van der Waals surface area contributed by atoms with Crippen molar-refractivity contribution >= 4 is 22.7 Å². The molecular formula is C20H21N3OS. The molecule has 1 N–H and O–H groups in total. The number of anilines is 1. The topological polar surface area (TPSA) is 46.5 Å². The van der Waals surface area contributed by atoms with Gasteiger partial charge in [-0.15, -0.1) is 11.3 Å². The Balaban J connectivity index is 1.55. The van der Waals surface area contributed by atoms with Crippen LogP contribution >= 0.6 is 11.3 Å². The number of hydrazone groups is 1. The second-order valence-electron chi connectivity index (χ2n) is 6.05. The van der Waals surface area contributed by atoms with Crippen LogP contribution in [0.2, 0.25) is 0 Å². The van der Waals surface area contributed by atoms with Crippen molar-refractivity contribution in [1.29, 1.82) is 0 Å². The Morgan fingerprint density at radius 1 is 1.12 bits per heavy atom. The third-order valence-corrected chi connectivity index (χ3v) is 4.16. The lowest BCUT2D eigenvalue weighted by atomic mass is 10.2. The standard InChI is InChI=1S/C20H21N3OS/c1-15(2)13-24-18-10-8-16(9-11-18)12-21-23-20-22-19(14-25-20)17-6-4-3-5-7-17/h3-12,14-15H,13H2,1-2H3,(H,22,23). The van der Waals surface area contributed by atoms with E-state index in [-0.39, 0.29) is 0 Å². The lowest BCUT2D eigenvalue weighted by molar-refractivity contribution is 0.271. The van der Waals surface area contributed by atoms with E-state index in [1.165, 1.54) is 11.3 Å². The first-order valence-electron chi connectivity index (χ1n) is 8.23. The molecule has 4 nitrogen and oxygen atoms in total. The SMILES string of the molecule is CC(C)COc1ccc(C=NNc2nc(-c3ccccc3)cs2)cc1. The molecule has 0 aliphatic heterocycles. The third kappa shape index (κ3) is 5.16. The summed E-state index contributed by atoms with van der Waals surface area (Å²) in [6, 6.07) is 18.0. The van der Waals surface area contributed by atoms with Crippen molar-refractivity contribution in [3.8, 4) is 17.0 Å². The molecular weight excluding hydrogens is 330 g/mol. The van der Waals surface area contributed by atoms with E-state index < -0.39 is 0 Å². The van der Waals surface area contributed by atoms with Crippen molar-refractivity contribution in [3.05, 3.63) is 65.5 Å². The maximum absolute atomic E-state index is 5.67. The highest BCUT2D eigenvalue weighted by Gasteiger charge is 2.02. The molecule has 2 aromatic carbocycles. The van der Waals surface area contributed by atoms with Crippen LogP contribution in [-0.2, 0) is 0 Å². The zero-order valence-corrected chi connectivity index (χ0v) is 15.2. The normalized spacial score (nSPS) is 11.2. The maximum atomic E-state index is 5.67. The molecule has 0 aliphatic carbocycles. The molecule has 0 radical (unpaired) electrons. The summed E-state index contributed by atoms with van der Waals surface area (Å²) in [6.45, 7) is 4.99. The summed E-state index contributed by atoms with van der Waals surface area (Å²) in [7, 11) is 0. The highest BCUT2D eigenvalue weighted by molar-refractivity contribution is 7.14. The second-order valence-corrected chi connectivity index (χ2v) is 6.91. The Labute approximate surface area is 152 Å². The average molecular weight is 351 g/mol. The molecule has 5 heteroatoms. The van der Waals surface area contributed by atoms with Gasteiger partial charge in [0, 0.05) is 10.9 Å². The number of hydrogen-bond acceptors (Lipinski definition) is 5. The highest BCUT2D eigenvalue weighted by atomic mass is 32.1. The predicted octanol–water partition coefficient (Wildman–Crippen LogP) is 5.29. The van der Waals surface area contributed by atoms with Gasteiger partial charge in [0.2, 0.25) is 5.13 Å². The quantitative estimate of drug-likeness (QED) is 0.465. The zero-order chi connectivity index (χ0) is 17.5. The van der Waals surface area contributed by atoms with Gasteiger partial charge in [-0.25, -0.2) is 4.98 Å². The Bertz CT molecular complexity index is 810. The molecule has 25 heavy (non-hydrogen) atoms. The molecule has 3 aromatic rings. The van der Waals surface area contributed by atoms with Gasteiger partial charge in [-0.3, -0.25) is 5.43 Å². The van der Waals surface area contributed by atoms with Crippen molar-refractivity contribution in [2.24, 2.45) is 11.0 Å². The first-order valence-corrected chi connectivity index (χ1v) is 9.11. The van der Waals surface area contributed by atoms with Crippen molar-refractivity contribution in [2.45, 2.75) is 13.8 Å². The van der Waals surface area contributed by atoms with Gasteiger partial charge in [0.15, 0.2) is 0 Å². The summed E-state index contributed by atoms with van der Waals surface area (Å²) in [6.07, 6.45) is 1.77. The molecule has 0 saturated carbocycles. The Hall–Kier alpha value is -2.66. The molecule has 128 valence electrons. The van der Waals surface area contributed by atoms with E-state index in [0.29, 0.717) is 5.92 Å². The summed E-state index contributed by atoms with van der Waals surface area (Å²) in [5.41, 5.74) is 6.05. The smallest absolute Gasteiger partial charge is 0.203 e. The monoisotopic (exact) mass is 351 g/mol. The summed E-state index contributed by atoms with van der Waals surface area (Å²) >= 11 is 1.54. The third-order valence-electron chi connectivity index (χ3n) is 3.41. The van der Waals surface area contributed by atoms with Crippen LogP contribution in [-0.4, -0.2) is 17.8 Å². The second kappa shape index (κ2) is 8.44. The summed E-state index contributed by atoms with van der Waals surface area (Å²) in [4.78, 5) is 4.54. The largest absolute Gasteiger partial charge is 0.493 e. The molecule has 0 fully saturated rings. The van der Waals surface area contributed by atoms with Gasteiger partial charge >= 0.3 is 0 Å². The fraction of sp³-hybridized carbons (Fsp3) is 0.200. The molecule has 0 unspecified atom stereocenters. The van der Waals surface area contributed by atoms with E-state index >= 15 is 0 Å². The van der Waals surface area contributed by atoms with Crippen LogP contribution < -0.4 is 10.2 Å². The van der Waals surface area contributed by atoms with Gasteiger partial charge in [0.25, 0.3) is 0 Å². The first-order chi connectivity index (χ1) is 12.2. The van der Waals surface area contributed by atoms with E-state index in [0.717, 1.165) is 34.3 Å². The van der Waals surface area contributed by atoms with Crippen LogP contribution in [0.1, 0.15) is 19.4 Å². The van der Waals surface area contributed by atoms with E-state index in [2.05, 4.69) is 29.4 Å². The van der Waals surface area contributed by atoms with Crippen LogP contribution in [0, 0.1) is 5.92 Å². The van der Waals surface area contributed by atoms with Gasteiger partial charge in [0.05, 0.1) is 18.5 Å². The van der Waals surface area contributed by atoms with Crippen LogP contribution in [0.15, 0.2) is 65.1 Å². The van der Waals surface area contributed by atoms with Gasteiger partial charge in [0.1, 0.15) is 5.75 Å². The number of aromatic nitrogens is 1. The average Bonchev–Trinajstić information content (AvgIpc) is 3.11. The molecule has 0 amide bonds. The van der Waals surface area contributed by atoms with Crippen LogP contribution in [0.25, 0.3) is 11.3 Å². The number of nitrogens with one attached hydrogen (secondary N) is 1. The molecule has 0 spiro atoms. The van der Waals surface area contributed by atoms with E-state index in [9.17, 15) is 0 Å².